The van der Waals surface area contributed by atoms with Gasteiger partial charge in [-0.05, 0) is 24.1 Å². The van der Waals surface area contributed by atoms with Gasteiger partial charge in [0.25, 0.3) is 0 Å². The number of carbonyl (C=O) groups excluding carboxylic acids is 1. The summed E-state index contributed by atoms with van der Waals surface area (Å²) in [6.45, 7) is 0.0565. The second-order valence-electron chi connectivity index (χ2n) is 4.40. The Kier molecular flexibility index (Phi) is 5.31. The molecule has 0 spiro atoms. The summed E-state index contributed by atoms with van der Waals surface area (Å²) in [6, 6.07) is 5.65. The van der Waals surface area contributed by atoms with Crippen LogP contribution in [0.25, 0.3) is 0 Å². The maximum absolute atomic E-state index is 11.6. The number of sulfone groups is 1. The molecule has 106 valence electrons. The Balaban J connectivity index is 2.42. The van der Waals surface area contributed by atoms with Gasteiger partial charge < -0.3 is 16.2 Å². The molecule has 0 aliphatic rings. The van der Waals surface area contributed by atoms with Gasteiger partial charge in [-0.25, -0.2) is 8.42 Å². The van der Waals surface area contributed by atoms with E-state index >= 15 is 0 Å². The summed E-state index contributed by atoms with van der Waals surface area (Å²) in [6.07, 6.45) is 1.43. The van der Waals surface area contributed by atoms with Crippen molar-refractivity contribution in [1.29, 1.82) is 0 Å². The van der Waals surface area contributed by atoms with Crippen molar-refractivity contribution < 1.29 is 18.3 Å². The molecule has 6 nitrogen and oxygen atoms in total. The molecule has 0 fully saturated rings. The number of amides is 1. The van der Waals surface area contributed by atoms with Crippen molar-refractivity contribution in [2.45, 2.75) is 12.5 Å². The summed E-state index contributed by atoms with van der Waals surface area (Å²) < 4.78 is 21.8. The zero-order chi connectivity index (χ0) is 14.5. The van der Waals surface area contributed by atoms with E-state index in [0.717, 1.165) is 11.8 Å². The number of phenolic OH excluding ortho intramolecular Hbond substituents is 1. The molecule has 0 saturated carbocycles. The van der Waals surface area contributed by atoms with Crippen LogP contribution in [0.15, 0.2) is 24.3 Å². The molecule has 1 amide bonds. The lowest BCUT2D eigenvalue weighted by Gasteiger charge is -2.12. The first-order chi connectivity index (χ1) is 8.78. The van der Waals surface area contributed by atoms with Crippen LogP contribution in [0.2, 0.25) is 0 Å². The summed E-state index contributed by atoms with van der Waals surface area (Å²) >= 11 is 0. The molecule has 0 radical (unpaired) electrons. The fourth-order valence-corrected chi connectivity index (χ4v) is 1.94. The van der Waals surface area contributed by atoms with Crippen LogP contribution in [0.4, 0.5) is 0 Å². The van der Waals surface area contributed by atoms with Gasteiger partial charge in [0.15, 0.2) is 0 Å². The van der Waals surface area contributed by atoms with Gasteiger partial charge in [-0.3, -0.25) is 4.79 Å². The topological polar surface area (TPSA) is 109 Å². The minimum atomic E-state index is -3.09. The van der Waals surface area contributed by atoms with E-state index in [9.17, 15) is 13.2 Å². The molecule has 0 saturated heterocycles. The molecule has 19 heavy (non-hydrogen) atoms. The first-order valence-corrected chi connectivity index (χ1v) is 7.83. The number of phenols is 1. The molecular formula is C12H18N2O4S. The first kappa shape index (κ1) is 15.5. The zero-order valence-electron chi connectivity index (χ0n) is 10.7. The SMILES string of the molecule is CS(=O)(=O)CCNC(=O)C(N)Cc1ccc(O)cc1. The average Bonchev–Trinajstić information content (AvgIpc) is 2.30. The van der Waals surface area contributed by atoms with E-state index < -0.39 is 21.8 Å². The van der Waals surface area contributed by atoms with Crippen molar-refractivity contribution in [1.82, 2.24) is 5.32 Å². The van der Waals surface area contributed by atoms with Crippen LogP contribution >= 0.6 is 0 Å². The Morgan fingerprint density at radius 3 is 2.47 bits per heavy atom. The summed E-state index contributed by atoms with van der Waals surface area (Å²) in [5.41, 5.74) is 6.54. The van der Waals surface area contributed by atoms with E-state index in [0.29, 0.717) is 6.42 Å². The number of carbonyl (C=O) groups is 1. The van der Waals surface area contributed by atoms with Gasteiger partial charge in [0.05, 0.1) is 11.8 Å². The Bertz CT molecular complexity index is 525. The van der Waals surface area contributed by atoms with Gasteiger partial charge in [0, 0.05) is 12.8 Å². The van der Waals surface area contributed by atoms with Crippen LogP contribution in [0.5, 0.6) is 5.75 Å². The summed E-state index contributed by atoms with van der Waals surface area (Å²) in [5, 5.41) is 11.6. The predicted octanol–water partition coefficient (Wildman–Crippen LogP) is -0.577. The fraction of sp³-hybridized carbons (Fsp3) is 0.417. The Morgan fingerprint density at radius 2 is 1.95 bits per heavy atom. The van der Waals surface area contributed by atoms with E-state index in [-0.39, 0.29) is 18.0 Å². The Hall–Kier alpha value is -1.60. The van der Waals surface area contributed by atoms with E-state index in [1.165, 1.54) is 12.1 Å². The quantitative estimate of drug-likeness (QED) is 0.648. The molecule has 7 heteroatoms. The molecule has 0 aromatic heterocycles. The number of rotatable bonds is 6. The number of nitrogens with one attached hydrogen (secondary N) is 1. The second-order valence-corrected chi connectivity index (χ2v) is 6.66. The van der Waals surface area contributed by atoms with Gasteiger partial charge in [-0.15, -0.1) is 0 Å². The van der Waals surface area contributed by atoms with Crippen molar-refractivity contribution in [3.05, 3.63) is 29.8 Å². The molecule has 1 aromatic rings. The standard InChI is InChI=1S/C12H18N2O4S/c1-19(17,18)7-6-14-12(16)11(13)8-9-2-4-10(15)5-3-9/h2-5,11,15H,6-8,13H2,1H3,(H,14,16). The van der Waals surface area contributed by atoms with E-state index in [1.807, 2.05) is 0 Å². The van der Waals surface area contributed by atoms with E-state index in [4.69, 9.17) is 10.8 Å². The molecular weight excluding hydrogens is 268 g/mol. The van der Waals surface area contributed by atoms with Crippen LogP contribution in [0.1, 0.15) is 5.56 Å². The molecule has 1 atom stereocenters. The molecule has 0 bridgehead atoms. The van der Waals surface area contributed by atoms with Gasteiger partial charge >= 0.3 is 0 Å². The average molecular weight is 286 g/mol. The monoisotopic (exact) mass is 286 g/mol. The third-order valence-electron chi connectivity index (χ3n) is 2.50. The van der Waals surface area contributed by atoms with Gasteiger partial charge in [0.1, 0.15) is 15.6 Å². The van der Waals surface area contributed by atoms with Crippen LogP contribution in [-0.4, -0.2) is 44.0 Å². The Morgan fingerprint density at radius 1 is 1.37 bits per heavy atom. The number of benzene rings is 1. The van der Waals surface area contributed by atoms with Crippen LogP contribution in [0, 0.1) is 0 Å². The second kappa shape index (κ2) is 6.53. The fourth-order valence-electron chi connectivity index (χ4n) is 1.47. The molecule has 1 rings (SSSR count). The number of hydrogen-bond acceptors (Lipinski definition) is 5. The summed E-state index contributed by atoms with van der Waals surface area (Å²) in [5.74, 6) is -0.350. The lowest BCUT2D eigenvalue weighted by atomic mass is 10.1. The largest absolute Gasteiger partial charge is 0.508 e. The lowest BCUT2D eigenvalue weighted by Crippen LogP contribution is -2.43. The van der Waals surface area contributed by atoms with E-state index in [1.54, 1.807) is 12.1 Å². The molecule has 0 aliphatic carbocycles. The highest BCUT2D eigenvalue weighted by atomic mass is 32.2. The summed E-state index contributed by atoms with van der Waals surface area (Å²) in [4.78, 5) is 11.6. The van der Waals surface area contributed by atoms with Crippen molar-refractivity contribution in [2.24, 2.45) is 5.73 Å². The highest BCUT2D eigenvalue weighted by Crippen LogP contribution is 2.10. The van der Waals surface area contributed by atoms with Crippen molar-refractivity contribution in [3.8, 4) is 5.75 Å². The molecule has 0 heterocycles. The minimum Gasteiger partial charge on any atom is -0.508 e. The smallest absolute Gasteiger partial charge is 0.237 e. The molecule has 0 aliphatic heterocycles. The molecule has 1 unspecified atom stereocenters. The minimum absolute atomic E-state index is 0.0565. The van der Waals surface area contributed by atoms with Crippen molar-refractivity contribution >= 4 is 15.7 Å². The number of aromatic hydroxyl groups is 1. The molecule has 4 N–H and O–H groups in total. The van der Waals surface area contributed by atoms with Crippen LogP contribution in [-0.2, 0) is 21.1 Å². The number of hydrogen-bond donors (Lipinski definition) is 3. The van der Waals surface area contributed by atoms with Gasteiger partial charge in [0.2, 0.25) is 5.91 Å². The summed E-state index contributed by atoms with van der Waals surface area (Å²) in [7, 11) is -3.09. The van der Waals surface area contributed by atoms with Crippen molar-refractivity contribution in [3.63, 3.8) is 0 Å². The van der Waals surface area contributed by atoms with Crippen LogP contribution in [0.3, 0.4) is 0 Å². The lowest BCUT2D eigenvalue weighted by molar-refractivity contribution is -0.122. The first-order valence-electron chi connectivity index (χ1n) is 5.77. The zero-order valence-corrected chi connectivity index (χ0v) is 11.5. The molecule has 1 aromatic carbocycles. The van der Waals surface area contributed by atoms with Gasteiger partial charge in [-0.1, -0.05) is 12.1 Å². The van der Waals surface area contributed by atoms with E-state index in [2.05, 4.69) is 5.32 Å². The van der Waals surface area contributed by atoms with Crippen molar-refractivity contribution in [2.75, 3.05) is 18.6 Å². The highest BCUT2D eigenvalue weighted by molar-refractivity contribution is 7.90. The van der Waals surface area contributed by atoms with Crippen LogP contribution < -0.4 is 11.1 Å². The maximum atomic E-state index is 11.6. The van der Waals surface area contributed by atoms with Gasteiger partial charge in [-0.2, -0.15) is 0 Å². The number of nitrogens with two attached hydrogens (primary N) is 1. The third-order valence-corrected chi connectivity index (χ3v) is 3.45. The highest BCUT2D eigenvalue weighted by Gasteiger charge is 2.14. The Labute approximate surface area is 112 Å². The maximum Gasteiger partial charge on any atom is 0.237 e. The third kappa shape index (κ3) is 6.21. The predicted molar refractivity (Wildman–Crippen MR) is 72.5 cm³/mol. The normalized spacial score (nSPS) is 12.9.